The number of Topliss-reactive ketones (excluding diaryl/α,β-unsaturated/α-hetero) is 1. The Kier molecular flexibility index (Phi) is 10.2. The molecule has 0 heterocycles. The van der Waals surface area contributed by atoms with Gasteiger partial charge in [0.2, 0.25) is 0 Å². The molecule has 0 unspecified atom stereocenters. The minimum atomic E-state index is 0.367. The first-order valence-corrected chi connectivity index (χ1v) is 10.7. The molecular formula is C25H42O. The quantitative estimate of drug-likeness (QED) is 0.464. The largest absolute Gasteiger partial charge is 0.299 e. The SMILES string of the molecule is CC(C)=CCC[C@H](C)[C@@H]1C=CC(C)=CC1.CC(C)[C@H]1CC[C@H](C)CC1=O. The molecule has 2 aliphatic carbocycles. The lowest BCUT2D eigenvalue weighted by atomic mass is 9.77. The van der Waals surface area contributed by atoms with Gasteiger partial charge in [-0.25, -0.2) is 0 Å². The zero-order valence-electron chi connectivity index (χ0n) is 18.3. The van der Waals surface area contributed by atoms with E-state index in [1.165, 1.54) is 36.8 Å². The standard InChI is InChI=1S/C15H24.C10H18O/c1-12(2)6-5-7-14(4)15-10-8-13(3)9-11-15;1-7(2)9-5-4-8(3)6-10(9)11/h6,8-10,14-15H,5,7,11H2,1-4H3;7-9H,4-6H2,1-3H3/t14-,15+;8-,9+/m00/s1. The number of allylic oxidation sites excluding steroid dienone is 6. The van der Waals surface area contributed by atoms with Gasteiger partial charge in [-0.05, 0) is 76.5 Å². The van der Waals surface area contributed by atoms with Gasteiger partial charge < -0.3 is 0 Å². The monoisotopic (exact) mass is 358 g/mol. The number of ketones is 1. The van der Waals surface area contributed by atoms with E-state index in [-0.39, 0.29) is 0 Å². The maximum Gasteiger partial charge on any atom is 0.136 e. The highest BCUT2D eigenvalue weighted by molar-refractivity contribution is 5.82. The highest BCUT2D eigenvalue weighted by atomic mass is 16.1. The minimum Gasteiger partial charge on any atom is -0.299 e. The van der Waals surface area contributed by atoms with Crippen LogP contribution in [0.4, 0.5) is 0 Å². The van der Waals surface area contributed by atoms with Crippen molar-refractivity contribution in [2.45, 2.75) is 87.0 Å². The molecular weight excluding hydrogens is 316 g/mol. The smallest absolute Gasteiger partial charge is 0.136 e. The van der Waals surface area contributed by atoms with Crippen molar-refractivity contribution in [3.8, 4) is 0 Å². The van der Waals surface area contributed by atoms with Crippen LogP contribution in [0, 0.1) is 29.6 Å². The van der Waals surface area contributed by atoms with Gasteiger partial charge in [0, 0.05) is 12.3 Å². The molecule has 0 aromatic rings. The van der Waals surface area contributed by atoms with E-state index in [9.17, 15) is 4.79 Å². The van der Waals surface area contributed by atoms with E-state index in [2.05, 4.69) is 72.8 Å². The molecule has 2 aliphatic rings. The molecule has 148 valence electrons. The van der Waals surface area contributed by atoms with E-state index in [4.69, 9.17) is 0 Å². The van der Waals surface area contributed by atoms with E-state index in [0.717, 1.165) is 24.7 Å². The third-order valence-corrected chi connectivity index (χ3v) is 5.96. The fourth-order valence-electron chi connectivity index (χ4n) is 3.94. The molecule has 0 radical (unpaired) electrons. The summed E-state index contributed by atoms with van der Waals surface area (Å²) in [5.74, 6) is 3.62. The maximum absolute atomic E-state index is 11.4. The van der Waals surface area contributed by atoms with Crippen LogP contribution in [0.1, 0.15) is 87.0 Å². The van der Waals surface area contributed by atoms with Crippen LogP contribution in [0.25, 0.3) is 0 Å². The topological polar surface area (TPSA) is 17.1 Å². The Morgan fingerprint density at radius 3 is 2.42 bits per heavy atom. The highest BCUT2D eigenvalue weighted by Crippen LogP contribution is 2.30. The zero-order chi connectivity index (χ0) is 19.7. The van der Waals surface area contributed by atoms with Crippen LogP contribution in [0.2, 0.25) is 0 Å². The van der Waals surface area contributed by atoms with Crippen LogP contribution in [0.15, 0.2) is 35.5 Å². The van der Waals surface area contributed by atoms with Crippen molar-refractivity contribution in [3.63, 3.8) is 0 Å². The molecule has 0 N–H and O–H groups in total. The minimum absolute atomic E-state index is 0.367. The summed E-state index contributed by atoms with van der Waals surface area (Å²) >= 11 is 0. The van der Waals surface area contributed by atoms with Gasteiger partial charge >= 0.3 is 0 Å². The van der Waals surface area contributed by atoms with Crippen LogP contribution in [-0.2, 0) is 4.79 Å². The summed E-state index contributed by atoms with van der Waals surface area (Å²) in [5, 5.41) is 0. The Bertz CT molecular complexity index is 516. The van der Waals surface area contributed by atoms with Crippen LogP contribution in [0.3, 0.4) is 0 Å². The van der Waals surface area contributed by atoms with Gasteiger partial charge in [-0.1, -0.05) is 63.1 Å². The Hall–Kier alpha value is -1.11. The average molecular weight is 359 g/mol. The number of carbonyl (C=O) groups excluding carboxylic acids is 1. The number of carbonyl (C=O) groups is 1. The molecule has 1 fully saturated rings. The normalized spacial score (nSPS) is 26.7. The Morgan fingerprint density at radius 1 is 1.23 bits per heavy atom. The second-order valence-corrected chi connectivity index (χ2v) is 9.25. The predicted molar refractivity (Wildman–Crippen MR) is 115 cm³/mol. The highest BCUT2D eigenvalue weighted by Gasteiger charge is 2.28. The van der Waals surface area contributed by atoms with Crippen LogP contribution in [-0.4, -0.2) is 5.78 Å². The number of hydrogen-bond donors (Lipinski definition) is 0. The Balaban J connectivity index is 0.000000273. The van der Waals surface area contributed by atoms with E-state index in [0.29, 0.717) is 23.5 Å². The lowest BCUT2D eigenvalue weighted by Gasteiger charge is -2.27. The summed E-state index contributed by atoms with van der Waals surface area (Å²) in [6, 6.07) is 0. The van der Waals surface area contributed by atoms with E-state index in [1.54, 1.807) is 0 Å². The maximum atomic E-state index is 11.4. The molecule has 0 bridgehead atoms. The van der Waals surface area contributed by atoms with Gasteiger partial charge in [-0.2, -0.15) is 0 Å². The molecule has 1 heteroatoms. The van der Waals surface area contributed by atoms with Gasteiger partial charge in [0.1, 0.15) is 5.78 Å². The van der Waals surface area contributed by atoms with Crippen LogP contribution >= 0.6 is 0 Å². The molecule has 0 amide bonds. The summed E-state index contributed by atoms with van der Waals surface area (Å²) in [4.78, 5) is 11.4. The molecule has 1 nitrogen and oxygen atoms in total. The van der Waals surface area contributed by atoms with Gasteiger partial charge in [0.25, 0.3) is 0 Å². The van der Waals surface area contributed by atoms with Crippen molar-refractivity contribution in [2.24, 2.45) is 29.6 Å². The van der Waals surface area contributed by atoms with Gasteiger partial charge in [0.15, 0.2) is 0 Å². The van der Waals surface area contributed by atoms with Crippen molar-refractivity contribution in [3.05, 3.63) is 35.5 Å². The summed E-state index contributed by atoms with van der Waals surface area (Å²) < 4.78 is 0. The van der Waals surface area contributed by atoms with Gasteiger partial charge in [0.05, 0.1) is 0 Å². The Labute approximate surface area is 163 Å². The second-order valence-electron chi connectivity index (χ2n) is 9.25. The third kappa shape index (κ3) is 8.52. The molecule has 26 heavy (non-hydrogen) atoms. The summed E-state index contributed by atoms with van der Waals surface area (Å²) in [6.45, 7) is 15.4. The summed E-state index contributed by atoms with van der Waals surface area (Å²) in [5.41, 5.74) is 2.86. The van der Waals surface area contributed by atoms with Crippen molar-refractivity contribution >= 4 is 5.78 Å². The second kappa shape index (κ2) is 11.6. The van der Waals surface area contributed by atoms with Crippen molar-refractivity contribution in [1.82, 2.24) is 0 Å². The first-order valence-electron chi connectivity index (χ1n) is 10.7. The van der Waals surface area contributed by atoms with E-state index in [1.807, 2.05) is 0 Å². The van der Waals surface area contributed by atoms with Crippen LogP contribution < -0.4 is 0 Å². The molecule has 2 rings (SSSR count). The van der Waals surface area contributed by atoms with E-state index >= 15 is 0 Å². The summed E-state index contributed by atoms with van der Waals surface area (Å²) in [7, 11) is 0. The summed E-state index contributed by atoms with van der Waals surface area (Å²) in [6.07, 6.45) is 16.3. The molecule has 0 aliphatic heterocycles. The van der Waals surface area contributed by atoms with Gasteiger partial charge in [-0.3, -0.25) is 4.79 Å². The van der Waals surface area contributed by atoms with Crippen molar-refractivity contribution in [2.75, 3.05) is 0 Å². The molecule has 0 aromatic carbocycles. The van der Waals surface area contributed by atoms with Crippen LogP contribution in [0.5, 0.6) is 0 Å². The number of hydrogen-bond acceptors (Lipinski definition) is 1. The first-order chi connectivity index (χ1) is 12.2. The molecule has 4 atom stereocenters. The molecule has 1 saturated carbocycles. The molecule has 0 saturated heterocycles. The number of rotatable bonds is 5. The van der Waals surface area contributed by atoms with E-state index < -0.39 is 0 Å². The predicted octanol–water partition coefficient (Wildman–Crippen LogP) is 7.54. The molecule has 0 spiro atoms. The zero-order valence-corrected chi connectivity index (χ0v) is 18.3. The molecule has 0 aromatic heterocycles. The third-order valence-electron chi connectivity index (χ3n) is 5.96. The fraction of sp³-hybridized carbons (Fsp3) is 0.720. The fourth-order valence-corrected chi connectivity index (χ4v) is 3.94. The Morgan fingerprint density at radius 2 is 1.92 bits per heavy atom. The lowest BCUT2D eigenvalue weighted by Crippen LogP contribution is -2.27. The first kappa shape index (κ1) is 22.9. The lowest BCUT2D eigenvalue weighted by molar-refractivity contribution is -0.127. The average Bonchev–Trinajstić information content (AvgIpc) is 2.55. The van der Waals surface area contributed by atoms with Gasteiger partial charge in [-0.15, -0.1) is 0 Å². The van der Waals surface area contributed by atoms with Crippen molar-refractivity contribution in [1.29, 1.82) is 0 Å². The van der Waals surface area contributed by atoms with Crippen molar-refractivity contribution < 1.29 is 4.79 Å².